The van der Waals surface area contributed by atoms with Gasteiger partial charge in [0.25, 0.3) is 0 Å². The lowest BCUT2D eigenvalue weighted by Crippen LogP contribution is -2.45. The summed E-state index contributed by atoms with van der Waals surface area (Å²) in [5.41, 5.74) is 1.34. The molecule has 1 unspecified atom stereocenters. The lowest BCUT2D eigenvalue weighted by Gasteiger charge is -2.36. The average Bonchev–Trinajstić information content (AvgIpc) is 2.96. The Morgan fingerprint density at radius 2 is 2.25 bits per heavy atom. The van der Waals surface area contributed by atoms with Gasteiger partial charge in [-0.25, -0.2) is 4.98 Å². The molecule has 0 aliphatic carbocycles. The van der Waals surface area contributed by atoms with Gasteiger partial charge in [0.05, 0.1) is 5.01 Å². The summed E-state index contributed by atoms with van der Waals surface area (Å²) in [6.45, 7) is 6.29. The Balaban J connectivity index is 1.75. The summed E-state index contributed by atoms with van der Waals surface area (Å²) in [5, 5.41) is 4.72. The summed E-state index contributed by atoms with van der Waals surface area (Å²) in [4.78, 5) is 12.5. The zero-order chi connectivity index (χ0) is 13.8. The molecule has 1 N–H and O–H groups in total. The Morgan fingerprint density at radius 3 is 3.00 bits per heavy atom. The molecule has 2 aromatic heterocycles. The van der Waals surface area contributed by atoms with Gasteiger partial charge in [0.15, 0.2) is 0 Å². The highest BCUT2D eigenvalue weighted by molar-refractivity contribution is 7.11. The summed E-state index contributed by atoms with van der Waals surface area (Å²) in [5.74, 6) is 0. The molecule has 0 aromatic carbocycles. The van der Waals surface area contributed by atoms with E-state index in [2.05, 4.69) is 39.2 Å². The van der Waals surface area contributed by atoms with Gasteiger partial charge in [-0.05, 0) is 24.1 Å². The van der Waals surface area contributed by atoms with Crippen molar-refractivity contribution in [1.29, 1.82) is 0 Å². The number of rotatable bonds is 4. The number of nitrogens with one attached hydrogen (secondary N) is 1. The van der Waals surface area contributed by atoms with Crippen LogP contribution in [0.4, 0.5) is 0 Å². The number of hydrogen-bond acceptors (Lipinski definition) is 5. The van der Waals surface area contributed by atoms with Crippen molar-refractivity contribution >= 4 is 11.3 Å². The van der Waals surface area contributed by atoms with Crippen LogP contribution in [-0.2, 0) is 13.0 Å². The molecule has 20 heavy (non-hydrogen) atoms. The fraction of sp³-hybridized carbons (Fsp3) is 0.467. The number of nitrogens with zero attached hydrogens (tertiary/aromatic N) is 3. The van der Waals surface area contributed by atoms with Crippen LogP contribution in [0, 0.1) is 0 Å². The highest BCUT2D eigenvalue weighted by Crippen LogP contribution is 2.25. The minimum absolute atomic E-state index is 0.430. The van der Waals surface area contributed by atoms with Crippen LogP contribution in [0.3, 0.4) is 0 Å². The quantitative estimate of drug-likeness (QED) is 0.937. The lowest BCUT2D eigenvalue weighted by molar-refractivity contribution is 0.155. The van der Waals surface area contributed by atoms with Crippen LogP contribution in [0.2, 0.25) is 0 Å². The zero-order valence-electron chi connectivity index (χ0n) is 11.7. The molecule has 1 saturated heterocycles. The summed E-state index contributed by atoms with van der Waals surface area (Å²) in [6.07, 6.45) is 6.82. The number of thiazole rings is 1. The lowest BCUT2D eigenvalue weighted by atomic mass is 10.0. The van der Waals surface area contributed by atoms with Crippen LogP contribution in [-0.4, -0.2) is 34.5 Å². The van der Waals surface area contributed by atoms with Crippen molar-refractivity contribution in [3.8, 4) is 0 Å². The molecule has 3 rings (SSSR count). The monoisotopic (exact) mass is 288 g/mol. The van der Waals surface area contributed by atoms with Crippen molar-refractivity contribution in [2.45, 2.75) is 25.9 Å². The van der Waals surface area contributed by atoms with Gasteiger partial charge in [0.2, 0.25) is 0 Å². The van der Waals surface area contributed by atoms with Gasteiger partial charge >= 0.3 is 0 Å². The van der Waals surface area contributed by atoms with E-state index in [9.17, 15) is 0 Å². The summed E-state index contributed by atoms with van der Waals surface area (Å²) < 4.78 is 0. The first kappa shape index (κ1) is 13.7. The molecule has 0 spiro atoms. The Hall–Kier alpha value is -1.30. The van der Waals surface area contributed by atoms with Gasteiger partial charge < -0.3 is 5.32 Å². The highest BCUT2D eigenvalue weighted by Gasteiger charge is 2.24. The predicted octanol–water partition coefficient (Wildman–Crippen LogP) is 2.25. The minimum atomic E-state index is 0.430. The molecular weight excluding hydrogens is 268 g/mol. The van der Waals surface area contributed by atoms with Gasteiger partial charge in [0, 0.05) is 55.7 Å². The van der Waals surface area contributed by atoms with E-state index in [1.54, 1.807) is 0 Å². The van der Waals surface area contributed by atoms with Crippen LogP contribution in [0.5, 0.6) is 0 Å². The maximum absolute atomic E-state index is 4.46. The van der Waals surface area contributed by atoms with E-state index >= 15 is 0 Å². The Morgan fingerprint density at radius 1 is 1.40 bits per heavy atom. The molecule has 4 nitrogen and oxygen atoms in total. The molecule has 106 valence electrons. The van der Waals surface area contributed by atoms with Gasteiger partial charge in [-0.15, -0.1) is 11.3 Å². The van der Waals surface area contributed by atoms with Crippen molar-refractivity contribution in [3.05, 3.63) is 46.2 Å². The van der Waals surface area contributed by atoms with Crippen molar-refractivity contribution in [1.82, 2.24) is 20.2 Å². The largest absolute Gasteiger partial charge is 0.314 e. The molecule has 0 bridgehead atoms. The third kappa shape index (κ3) is 3.06. The maximum Gasteiger partial charge on any atom is 0.0925 e. The number of hydrogen-bond donors (Lipinski definition) is 1. The average molecular weight is 288 g/mol. The number of aromatic nitrogens is 2. The van der Waals surface area contributed by atoms with Crippen molar-refractivity contribution in [2.75, 3.05) is 19.6 Å². The standard InChI is InChI=1S/C15H20N4S/c1-2-15-18-9-13(20-15)11-19-8-7-17-10-14(19)12-3-5-16-6-4-12/h3-6,9,14,17H,2,7-8,10-11H2,1H3. The molecule has 1 aliphatic heterocycles. The first-order valence-corrected chi connectivity index (χ1v) is 7.96. The molecule has 5 heteroatoms. The van der Waals surface area contributed by atoms with Gasteiger partial charge in [0.1, 0.15) is 0 Å². The first-order valence-electron chi connectivity index (χ1n) is 7.15. The fourth-order valence-corrected chi connectivity index (χ4v) is 3.52. The van der Waals surface area contributed by atoms with Gasteiger partial charge in [-0.3, -0.25) is 9.88 Å². The van der Waals surface area contributed by atoms with Crippen LogP contribution < -0.4 is 5.32 Å². The molecule has 1 atom stereocenters. The molecule has 3 heterocycles. The van der Waals surface area contributed by atoms with E-state index in [1.165, 1.54) is 15.4 Å². The van der Waals surface area contributed by atoms with E-state index in [1.807, 2.05) is 29.9 Å². The van der Waals surface area contributed by atoms with E-state index in [-0.39, 0.29) is 0 Å². The number of pyridine rings is 1. The third-order valence-electron chi connectivity index (χ3n) is 3.71. The molecule has 1 aliphatic rings. The second-order valence-corrected chi connectivity index (χ2v) is 6.24. The van der Waals surface area contributed by atoms with Crippen LogP contribution in [0.15, 0.2) is 30.7 Å². The summed E-state index contributed by atoms with van der Waals surface area (Å²) in [7, 11) is 0. The Kier molecular flexibility index (Phi) is 4.40. The molecule has 0 saturated carbocycles. The molecule has 0 amide bonds. The minimum Gasteiger partial charge on any atom is -0.314 e. The molecule has 1 fully saturated rings. The van der Waals surface area contributed by atoms with E-state index in [4.69, 9.17) is 0 Å². The van der Waals surface area contributed by atoms with E-state index < -0.39 is 0 Å². The SMILES string of the molecule is CCc1ncc(CN2CCNCC2c2ccncc2)s1. The smallest absolute Gasteiger partial charge is 0.0925 e. The summed E-state index contributed by atoms with van der Waals surface area (Å²) >= 11 is 1.84. The topological polar surface area (TPSA) is 41.1 Å². The van der Waals surface area contributed by atoms with Gasteiger partial charge in [-0.2, -0.15) is 0 Å². The second-order valence-electron chi connectivity index (χ2n) is 5.04. The number of piperazine rings is 1. The molecule has 0 radical (unpaired) electrons. The predicted molar refractivity (Wildman–Crippen MR) is 81.7 cm³/mol. The maximum atomic E-state index is 4.46. The van der Waals surface area contributed by atoms with Crippen LogP contribution in [0.25, 0.3) is 0 Å². The fourth-order valence-electron chi connectivity index (χ4n) is 2.63. The van der Waals surface area contributed by atoms with E-state index in [0.29, 0.717) is 6.04 Å². The Bertz CT molecular complexity index is 540. The zero-order valence-corrected chi connectivity index (χ0v) is 12.6. The summed E-state index contributed by atoms with van der Waals surface area (Å²) in [6, 6.07) is 4.67. The van der Waals surface area contributed by atoms with Gasteiger partial charge in [-0.1, -0.05) is 6.92 Å². The molecule has 2 aromatic rings. The Labute approximate surface area is 123 Å². The van der Waals surface area contributed by atoms with E-state index in [0.717, 1.165) is 32.6 Å². The van der Waals surface area contributed by atoms with Crippen LogP contribution >= 0.6 is 11.3 Å². The molecular formula is C15H20N4S. The van der Waals surface area contributed by atoms with Crippen molar-refractivity contribution < 1.29 is 0 Å². The van der Waals surface area contributed by atoms with Crippen molar-refractivity contribution in [2.24, 2.45) is 0 Å². The third-order valence-corrected chi connectivity index (χ3v) is 4.83. The van der Waals surface area contributed by atoms with Crippen LogP contribution in [0.1, 0.15) is 28.4 Å². The normalized spacial score (nSPS) is 20.1. The second kappa shape index (κ2) is 6.43. The van der Waals surface area contributed by atoms with Crippen molar-refractivity contribution in [3.63, 3.8) is 0 Å². The number of aryl methyl sites for hydroxylation is 1. The first-order chi connectivity index (χ1) is 9.86. The highest BCUT2D eigenvalue weighted by atomic mass is 32.1.